The normalized spacial score (nSPS) is 16.4. The van der Waals surface area contributed by atoms with E-state index in [2.05, 4.69) is 0 Å². The van der Waals surface area contributed by atoms with E-state index in [1.54, 1.807) is 0 Å². The van der Waals surface area contributed by atoms with E-state index in [0.717, 1.165) is 38.9 Å². The highest BCUT2D eigenvalue weighted by Gasteiger charge is 2.21. The number of hydrogen-bond acceptors (Lipinski definition) is 5. The van der Waals surface area contributed by atoms with Gasteiger partial charge in [-0.25, -0.2) is 0 Å². The van der Waals surface area contributed by atoms with Crippen molar-refractivity contribution in [1.29, 1.82) is 0 Å². The van der Waals surface area contributed by atoms with Crippen molar-refractivity contribution < 1.29 is 19.0 Å². The molecule has 0 bridgehead atoms. The Bertz CT molecular complexity index is 389. The zero-order valence-electron chi connectivity index (χ0n) is 18.7. The lowest BCUT2D eigenvalue weighted by Crippen LogP contribution is -2.37. The van der Waals surface area contributed by atoms with E-state index in [1.165, 1.54) is 64.2 Å². The van der Waals surface area contributed by atoms with Gasteiger partial charge in [-0.05, 0) is 40.0 Å². The van der Waals surface area contributed by atoms with Crippen molar-refractivity contribution >= 4 is 5.97 Å². The van der Waals surface area contributed by atoms with Crippen LogP contribution in [0.1, 0.15) is 111 Å². The maximum atomic E-state index is 11.8. The highest BCUT2D eigenvalue weighted by Crippen LogP contribution is 2.16. The van der Waals surface area contributed by atoms with Crippen LogP contribution < -0.4 is 5.73 Å². The van der Waals surface area contributed by atoms with Gasteiger partial charge in [0.25, 0.3) is 0 Å². The third-order valence-corrected chi connectivity index (χ3v) is 5.11. The van der Waals surface area contributed by atoms with Gasteiger partial charge >= 0.3 is 5.97 Å². The van der Waals surface area contributed by atoms with Gasteiger partial charge in [-0.2, -0.15) is 0 Å². The van der Waals surface area contributed by atoms with Gasteiger partial charge in [0.2, 0.25) is 0 Å². The molecule has 2 N–H and O–H groups in total. The van der Waals surface area contributed by atoms with Crippen LogP contribution in [0.3, 0.4) is 0 Å². The monoisotopic (exact) mass is 399 g/mol. The molecule has 28 heavy (non-hydrogen) atoms. The molecule has 1 saturated heterocycles. The van der Waals surface area contributed by atoms with Gasteiger partial charge in [-0.1, -0.05) is 70.6 Å². The summed E-state index contributed by atoms with van der Waals surface area (Å²) >= 11 is 0. The average Bonchev–Trinajstić information content (AvgIpc) is 3.13. The minimum Gasteiger partial charge on any atom is -0.459 e. The molecule has 1 heterocycles. The molecule has 0 unspecified atom stereocenters. The van der Waals surface area contributed by atoms with Crippen molar-refractivity contribution in [3.05, 3.63) is 0 Å². The molecule has 0 spiro atoms. The number of unbranched alkanes of at least 4 members (excludes halogenated alkanes) is 11. The standard InChI is InChI=1S/C23H45NO4/c1-23(2,3)28-22(25)20(24)16-14-12-10-8-6-4-5-7-9-11-13-15-17-21-26-18-19-27-21/h20-21H,4-19,24H2,1-3H3/t20-/m0/s1. The van der Waals surface area contributed by atoms with Crippen LogP contribution in [0, 0.1) is 0 Å². The first kappa shape index (κ1) is 25.4. The third kappa shape index (κ3) is 14.4. The van der Waals surface area contributed by atoms with Crippen molar-refractivity contribution in [3.8, 4) is 0 Å². The quantitative estimate of drug-likeness (QED) is 0.274. The van der Waals surface area contributed by atoms with Crippen molar-refractivity contribution in [2.45, 2.75) is 129 Å². The van der Waals surface area contributed by atoms with E-state index < -0.39 is 11.6 Å². The van der Waals surface area contributed by atoms with Crippen LogP contribution in [-0.2, 0) is 19.0 Å². The summed E-state index contributed by atoms with van der Waals surface area (Å²) in [5.41, 5.74) is 5.46. The number of carbonyl (C=O) groups is 1. The molecule has 1 aliphatic rings. The topological polar surface area (TPSA) is 70.8 Å². The Morgan fingerprint density at radius 1 is 0.857 bits per heavy atom. The minimum absolute atomic E-state index is 0.0769. The lowest BCUT2D eigenvalue weighted by Gasteiger charge is -2.22. The van der Waals surface area contributed by atoms with Crippen LogP contribution >= 0.6 is 0 Å². The Morgan fingerprint density at radius 3 is 1.75 bits per heavy atom. The summed E-state index contributed by atoms with van der Waals surface area (Å²) < 4.78 is 16.2. The summed E-state index contributed by atoms with van der Waals surface area (Å²) in [5.74, 6) is -0.271. The van der Waals surface area contributed by atoms with Crippen molar-refractivity contribution in [3.63, 3.8) is 0 Å². The van der Waals surface area contributed by atoms with Crippen LogP contribution in [0.2, 0.25) is 0 Å². The Morgan fingerprint density at radius 2 is 1.29 bits per heavy atom. The molecule has 0 radical (unpaired) electrons. The fourth-order valence-corrected chi connectivity index (χ4v) is 3.51. The Balaban J connectivity index is 1.77. The van der Waals surface area contributed by atoms with Crippen LogP contribution in [0.15, 0.2) is 0 Å². The molecule has 0 aromatic carbocycles. The zero-order chi connectivity index (χ0) is 20.7. The number of esters is 1. The van der Waals surface area contributed by atoms with Crippen LogP contribution in [0.25, 0.3) is 0 Å². The number of rotatable bonds is 16. The smallest absolute Gasteiger partial charge is 0.323 e. The average molecular weight is 400 g/mol. The molecule has 0 amide bonds. The van der Waals surface area contributed by atoms with Gasteiger partial charge in [0, 0.05) is 0 Å². The maximum absolute atomic E-state index is 11.8. The summed E-state index contributed by atoms with van der Waals surface area (Å²) in [6, 6.07) is -0.475. The molecule has 5 heteroatoms. The first-order valence-corrected chi connectivity index (χ1v) is 11.6. The van der Waals surface area contributed by atoms with E-state index in [1.807, 2.05) is 20.8 Å². The maximum Gasteiger partial charge on any atom is 0.323 e. The molecule has 1 fully saturated rings. The molecule has 166 valence electrons. The number of ether oxygens (including phenoxy) is 3. The molecular weight excluding hydrogens is 354 g/mol. The van der Waals surface area contributed by atoms with Gasteiger partial charge in [0.15, 0.2) is 6.29 Å². The van der Waals surface area contributed by atoms with Crippen molar-refractivity contribution in [2.24, 2.45) is 5.73 Å². The SMILES string of the molecule is CC(C)(C)OC(=O)[C@@H](N)CCCCCCCCCCCCCCC1OCCO1. The molecule has 0 saturated carbocycles. The molecular formula is C23H45NO4. The summed E-state index contributed by atoms with van der Waals surface area (Å²) in [5, 5.41) is 0. The van der Waals surface area contributed by atoms with Gasteiger partial charge in [0.05, 0.1) is 13.2 Å². The zero-order valence-corrected chi connectivity index (χ0v) is 18.7. The fourth-order valence-electron chi connectivity index (χ4n) is 3.51. The predicted molar refractivity (Wildman–Crippen MR) is 114 cm³/mol. The summed E-state index contributed by atoms with van der Waals surface area (Å²) in [6.45, 7) is 7.16. The summed E-state index contributed by atoms with van der Waals surface area (Å²) in [6.07, 6.45) is 17.2. The minimum atomic E-state index is -0.475. The van der Waals surface area contributed by atoms with E-state index >= 15 is 0 Å². The third-order valence-electron chi connectivity index (χ3n) is 5.11. The van der Waals surface area contributed by atoms with E-state index in [0.29, 0.717) is 0 Å². The summed E-state index contributed by atoms with van der Waals surface area (Å²) in [4.78, 5) is 11.8. The van der Waals surface area contributed by atoms with E-state index in [-0.39, 0.29) is 12.3 Å². The van der Waals surface area contributed by atoms with Gasteiger partial charge in [-0.3, -0.25) is 4.79 Å². The Labute approximate surface area is 173 Å². The molecule has 1 rings (SSSR count). The Kier molecular flexibility index (Phi) is 13.8. The molecule has 1 aliphatic heterocycles. The van der Waals surface area contributed by atoms with Crippen molar-refractivity contribution in [1.82, 2.24) is 0 Å². The van der Waals surface area contributed by atoms with Crippen LogP contribution in [-0.4, -0.2) is 37.1 Å². The number of carbonyl (C=O) groups excluding carboxylic acids is 1. The van der Waals surface area contributed by atoms with Gasteiger partial charge in [-0.15, -0.1) is 0 Å². The largest absolute Gasteiger partial charge is 0.459 e. The first-order chi connectivity index (χ1) is 13.4. The molecule has 0 aromatic rings. The first-order valence-electron chi connectivity index (χ1n) is 11.6. The van der Waals surface area contributed by atoms with Crippen LogP contribution in [0.5, 0.6) is 0 Å². The lowest BCUT2D eigenvalue weighted by molar-refractivity contribution is -0.156. The van der Waals surface area contributed by atoms with Crippen molar-refractivity contribution in [2.75, 3.05) is 13.2 Å². The van der Waals surface area contributed by atoms with E-state index in [9.17, 15) is 4.79 Å². The summed E-state index contributed by atoms with van der Waals surface area (Å²) in [7, 11) is 0. The van der Waals surface area contributed by atoms with Gasteiger partial charge in [0.1, 0.15) is 11.6 Å². The predicted octanol–water partition coefficient (Wildman–Crippen LogP) is 5.49. The molecule has 0 aliphatic carbocycles. The highest BCUT2D eigenvalue weighted by molar-refractivity contribution is 5.75. The fraction of sp³-hybridized carbons (Fsp3) is 0.957. The highest BCUT2D eigenvalue weighted by atomic mass is 16.7. The number of hydrogen-bond donors (Lipinski definition) is 1. The Hall–Kier alpha value is -0.650. The van der Waals surface area contributed by atoms with E-state index in [4.69, 9.17) is 19.9 Å². The van der Waals surface area contributed by atoms with Gasteiger partial charge < -0.3 is 19.9 Å². The molecule has 5 nitrogen and oxygen atoms in total. The second kappa shape index (κ2) is 15.2. The number of nitrogens with two attached hydrogens (primary N) is 1. The van der Waals surface area contributed by atoms with Crippen LogP contribution in [0.4, 0.5) is 0 Å². The lowest BCUT2D eigenvalue weighted by atomic mass is 10.0. The molecule has 1 atom stereocenters. The second-order valence-electron chi connectivity index (χ2n) is 9.13. The second-order valence-corrected chi connectivity index (χ2v) is 9.13. The molecule has 0 aromatic heterocycles.